The molecule has 0 aromatic rings. The maximum atomic E-state index is 12.8. The molecule has 1 heterocycles. The Morgan fingerprint density at radius 1 is 0.917 bits per heavy atom. The zero-order valence-corrected chi connectivity index (χ0v) is 14.6. The van der Waals surface area contributed by atoms with Crippen LogP contribution in [0.1, 0.15) is 57.8 Å². The number of carbonyl (C=O) groups excluding carboxylic acids is 2. The Balaban J connectivity index is 1.24. The molecule has 0 aromatic carbocycles. The van der Waals surface area contributed by atoms with Crippen molar-refractivity contribution in [3.63, 3.8) is 0 Å². The van der Waals surface area contributed by atoms with Crippen LogP contribution in [0.3, 0.4) is 0 Å². The van der Waals surface area contributed by atoms with E-state index in [0.29, 0.717) is 17.7 Å². The second-order valence-electron chi connectivity index (χ2n) is 8.33. The van der Waals surface area contributed by atoms with Gasteiger partial charge in [-0.3, -0.25) is 9.59 Å². The molecule has 2 amide bonds. The lowest BCUT2D eigenvalue weighted by atomic mass is 9.88. The van der Waals surface area contributed by atoms with Gasteiger partial charge in [0.05, 0.1) is 0 Å². The summed E-state index contributed by atoms with van der Waals surface area (Å²) in [5, 5.41) is 3.26. The Morgan fingerprint density at radius 2 is 1.67 bits per heavy atom. The van der Waals surface area contributed by atoms with Crippen LogP contribution in [-0.2, 0) is 9.59 Å². The van der Waals surface area contributed by atoms with Crippen molar-refractivity contribution < 1.29 is 9.59 Å². The third-order valence-electron chi connectivity index (χ3n) is 6.73. The molecule has 4 nitrogen and oxygen atoms in total. The lowest BCUT2D eigenvalue weighted by Crippen LogP contribution is -2.49. The van der Waals surface area contributed by atoms with Gasteiger partial charge in [0.1, 0.15) is 0 Å². The third kappa shape index (κ3) is 3.25. The Bertz CT molecular complexity index is 516. The standard InChI is InChI=1S/C20H30N2O2/c23-19(15-4-2-1-3-5-15)21-17-8-10-22(11-9-17)20(24)18-13-14-6-7-16(18)12-14/h6-7,14-18H,1-5,8-13H2,(H,21,23)/t14-,16-,18+/m0/s1. The van der Waals surface area contributed by atoms with Crippen LogP contribution in [0.2, 0.25) is 0 Å². The summed E-state index contributed by atoms with van der Waals surface area (Å²) in [6.07, 6.45) is 14.4. The average Bonchev–Trinajstić information content (AvgIpc) is 3.26. The third-order valence-corrected chi connectivity index (χ3v) is 6.73. The predicted molar refractivity (Wildman–Crippen MR) is 93.2 cm³/mol. The maximum absolute atomic E-state index is 12.8. The van der Waals surface area contributed by atoms with Crippen LogP contribution in [0, 0.1) is 23.7 Å². The largest absolute Gasteiger partial charge is 0.353 e. The van der Waals surface area contributed by atoms with Crippen molar-refractivity contribution in [2.45, 2.75) is 63.8 Å². The first-order chi connectivity index (χ1) is 11.7. The van der Waals surface area contributed by atoms with E-state index < -0.39 is 0 Å². The van der Waals surface area contributed by atoms with Gasteiger partial charge in [0.25, 0.3) is 0 Å². The number of allylic oxidation sites excluding steroid dienone is 2. The normalized spacial score (nSPS) is 33.8. The minimum absolute atomic E-state index is 0.230. The fourth-order valence-corrected chi connectivity index (χ4v) is 5.23. The Hall–Kier alpha value is -1.32. The number of fused-ring (bicyclic) bond motifs is 2. The monoisotopic (exact) mass is 330 g/mol. The van der Waals surface area contributed by atoms with Gasteiger partial charge in [-0.15, -0.1) is 0 Å². The van der Waals surface area contributed by atoms with Gasteiger partial charge >= 0.3 is 0 Å². The smallest absolute Gasteiger partial charge is 0.226 e. The topological polar surface area (TPSA) is 49.4 Å². The number of nitrogens with one attached hydrogen (secondary N) is 1. The molecule has 4 aliphatic rings. The number of rotatable bonds is 3. The SMILES string of the molecule is O=C(NC1CCN(C(=O)[C@@H]2C[C@H]3C=C[C@H]2C3)CC1)C1CCCCC1. The van der Waals surface area contributed by atoms with Gasteiger partial charge in [0, 0.05) is 31.0 Å². The summed E-state index contributed by atoms with van der Waals surface area (Å²) in [5.41, 5.74) is 0. The summed E-state index contributed by atoms with van der Waals surface area (Å²) in [7, 11) is 0. The van der Waals surface area contributed by atoms with E-state index in [1.54, 1.807) is 0 Å². The fraction of sp³-hybridized carbons (Fsp3) is 0.800. The first-order valence-electron chi connectivity index (χ1n) is 9.98. The number of piperidine rings is 1. The van der Waals surface area contributed by atoms with E-state index in [4.69, 9.17) is 0 Å². The van der Waals surface area contributed by atoms with Crippen LogP contribution in [0.5, 0.6) is 0 Å². The highest BCUT2D eigenvalue weighted by molar-refractivity contribution is 5.81. The van der Waals surface area contributed by atoms with Crippen molar-refractivity contribution in [3.8, 4) is 0 Å². The van der Waals surface area contributed by atoms with Crippen molar-refractivity contribution >= 4 is 11.8 Å². The Labute approximate surface area is 145 Å². The molecule has 1 aliphatic heterocycles. The second kappa shape index (κ2) is 6.89. The lowest BCUT2D eigenvalue weighted by molar-refractivity contribution is -0.137. The summed E-state index contributed by atoms with van der Waals surface area (Å²) in [5.74, 6) is 2.23. The fourth-order valence-electron chi connectivity index (χ4n) is 5.23. The molecule has 0 aromatic heterocycles. The molecule has 0 spiro atoms. The van der Waals surface area contributed by atoms with Crippen molar-refractivity contribution in [1.82, 2.24) is 10.2 Å². The molecule has 132 valence electrons. The number of hydrogen-bond donors (Lipinski definition) is 1. The molecule has 1 saturated heterocycles. The lowest BCUT2D eigenvalue weighted by Gasteiger charge is -2.35. The van der Waals surface area contributed by atoms with Gasteiger partial charge in [-0.1, -0.05) is 31.4 Å². The molecule has 2 saturated carbocycles. The summed E-state index contributed by atoms with van der Waals surface area (Å²) in [6, 6.07) is 0.267. The van der Waals surface area contributed by atoms with E-state index in [1.165, 1.54) is 25.7 Å². The number of likely N-dealkylation sites (tertiary alicyclic amines) is 1. The van der Waals surface area contributed by atoms with Gasteiger partial charge in [-0.25, -0.2) is 0 Å². The van der Waals surface area contributed by atoms with E-state index in [1.807, 2.05) is 0 Å². The van der Waals surface area contributed by atoms with Gasteiger partial charge < -0.3 is 10.2 Å². The highest BCUT2D eigenvalue weighted by Crippen LogP contribution is 2.44. The molecular weight excluding hydrogens is 300 g/mol. The van der Waals surface area contributed by atoms with E-state index >= 15 is 0 Å². The van der Waals surface area contributed by atoms with Crippen LogP contribution in [0.25, 0.3) is 0 Å². The number of nitrogens with zero attached hydrogens (tertiary/aromatic N) is 1. The zero-order chi connectivity index (χ0) is 16.5. The highest BCUT2D eigenvalue weighted by Gasteiger charge is 2.42. The Morgan fingerprint density at radius 3 is 2.29 bits per heavy atom. The van der Waals surface area contributed by atoms with Gasteiger partial charge in [0.15, 0.2) is 0 Å². The molecular formula is C20H30N2O2. The van der Waals surface area contributed by atoms with Gasteiger partial charge in [-0.2, -0.15) is 0 Å². The van der Waals surface area contributed by atoms with Gasteiger partial charge in [0.2, 0.25) is 11.8 Å². The highest BCUT2D eigenvalue weighted by atomic mass is 16.2. The first-order valence-corrected chi connectivity index (χ1v) is 9.98. The summed E-state index contributed by atoms with van der Waals surface area (Å²) in [6.45, 7) is 1.62. The minimum Gasteiger partial charge on any atom is -0.353 e. The van der Waals surface area contributed by atoms with Crippen molar-refractivity contribution in [1.29, 1.82) is 0 Å². The van der Waals surface area contributed by atoms with E-state index in [0.717, 1.165) is 45.2 Å². The molecule has 24 heavy (non-hydrogen) atoms. The molecule has 3 aliphatic carbocycles. The number of carbonyl (C=O) groups is 2. The number of amides is 2. The Kier molecular flexibility index (Phi) is 4.64. The van der Waals surface area contributed by atoms with Crippen molar-refractivity contribution in [2.75, 3.05) is 13.1 Å². The van der Waals surface area contributed by atoms with Gasteiger partial charge in [-0.05, 0) is 50.4 Å². The molecule has 3 fully saturated rings. The van der Waals surface area contributed by atoms with Crippen LogP contribution in [-0.4, -0.2) is 35.8 Å². The molecule has 4 rings (SSSR count). The first kappa shape index (κ1) is 16.2. The predicted octanol–water partition coefficient (Wildman–Crippen LogP) is 2.89. The molecule has 0 radical (unpaired) electrons. The van der Waals surface area contributed by atoms with Crippen LogP contribution in [0.4, 0.5) is 0 Å². The maximum Gasteiger partial charge on any atom is 0.226 e. The van der Waals surface area contributed by atoms with E-state index in [-0.39, 0.29) is 23.8 Å². The van der Waals surface area contributed by atoms with Crippen LogP contribution < -0.4 is 5.32 Å². The molecule has 1 N–H and O–H groups in total. The second-order valence-corrected chi connectivity index (χ2v) is 8.33. The van der Waals surface area contributed by atoms with E-state index in [9.17, 15) is 9.59 Å². The molecule has 2 bridgehead atoms. The molecule has 4 heteroatoms. The summed E-state index contributed by atoms with van der Waals surface area (Å²) < 4.78 is 0. The van der Waals surface area contributed by atoms with Crippen LogP contribution in [0.15, 0.2) is 12.2 Å². The van der Waals surface area contributed by atoms with E-state index in [2.05, 4.69) is 22.4 Å². The zero-order valence-electron chi connectivity index (χ0n) is 14.6. The number of hydrogen-bond acceptors (Lipinski definition) is 2. The minimum atomic E-state index is 0.230. The quantitative estimate of drug-likeness (QED) is 0.809. The van der Waals surface area contributed by atoms with Crippen LogP contribution >= 0.6 is 0 Å². The average molecular weight is 330 g/mol. The van der Waals surface area contributed by atoms with Crippen molar-refractivity contribution in [3.05, 3.63) is 12.2 Å². The molecule has 3 atom stereocenters. The summed E-state index contributed by atoms with van der Waals surface area (Å²) in [4.78, 5) is 27.2. The molecule has 0 unspecified atom stereocenters. The van der Waals surface area contributed by atoms with Crippen molar-refractivity contribution in [2.24, 2.45) is 23.7 Å². The summed E-state index contributed by atoms with van der Waals surface area (Å²) >= 11 is 0.